The second-order valence-electron chi connectivity index (χ2n) is 4.41. The molecule has 1 nitrogen and oxygen atoms in total. The summed E-state index contributed by atoms with van der Waals surface area (Å²) in [5.41, 5.74) is 0. The van der Waals surface area contributed by atoms with Crippen LogP contribution in [-0.4, -0.2) is 13.1 Å². The van der Waals surface area contributed by atoms with Crippen LogP contribution in [0.25, 0.3) is 0 Å². The van der Waals surface area contributed by atoms with Gasteiger partial charge in [-0.05, 0) is 24.7 Å². The maximum Gasteiger partial charge on any atom is 0.0136 e. The topological polar surface area (TPSA) is 14.1 Å². The van der Waals surface area contributed by atoms with Crippen molar-refractivity contribution in [3.63, 3.8) is 0 Å². The van der Waals surface area contributed by atoms with Gasteiger partial charge in [0.05, 0.1) is 0 Å². The van der Waals surface area contributed by atoms with Gasteiger partial charge in [0.2, 0.25) is 0 Å². The lowest BCUT2D eigenvalue weighted by molar-refractivity contribution is 0.202. The Bertz CT molecular complexity index is 105. The molecule has 0 aromatic rings. The van der Waals surface area contributed by atoms with Crippen LogP contribution < -0.4 is 5.32 Å². The summed E-state index contributed by atoms with van der Waals surface area (Å²) < 4.78 is 0. The lowest BCUT2D eigenvalue weighted by Gasteiger charge is -2.32. The van der Waals surface area contributed by atoms with Crippen LogP contribution in [0.4, 0.5) is 0 Å². The largest absolute Gasteiger partial charge is 0.242 e. The minimum Gasteiger partial charge on any atom is -0.242 e. The Kier molecular flexibility index (Phi) is 3.04. The summed E-state index contributed by atoms with van der Waals surface area (Å²) in [6, 6.07) is 0. The molecule has 2 rings (SSSR count). The van der Waals surface area contributed by atoms with E-state index in [1.807, 2.05) is 0 Å². The van der Waals surface area contributed by atoms with Gasteiger partial charge in [-0.15, -0.1) is 0 Å². The van der Waals surface area contributed by atoms with Crippen LogP contribution in [0.15, 0.2) is 0 Å². The Labute approximate surface area is 75.9 Å². The Morgan fingerprint density at radius 3 is 1.92 bits per heavy atom. The van der Waals surface area contributed by atoms with E-state index in [2.05, 4.69) is 5.32 Å². The Hall–Kier alpha value is -0.0400. The van der Waals surface area contributed by atoms with Crippen LogP contribution >= 0.6 is 0 Å². The van der Waals surface area contributed by atoms with Crippen molar-refractivity contribution in [2.45, 2.75) is 44.9 Å². The van der Waals surface area contributed by atoms with E-state index >= 15 is 0 Å². The molecule has 0 spiro atoms. The van der Waals surface area contributed by atoms with E-state index in [1.54, 1.807) is 0 Å². The van der Waals surface area contributed by atoms with Gasteiger partial charge in [-0.1, -0.05) is 32.1 Å². The van der Waals surface area contributed by atoms with Gasteiger partial charge in [0.15, 0.2) is 0 Å². The minimum absolute atomic E-state index is 1.04. The van der Waals surface area contributed by atoms with Gasteiger partial charge in [0.25, 0.3) is 0 Å². The van der Waals surface area contributed by atoms with Crippen molar-refractivity contribution in [1.82, 2.24) is 5.32 Å². The van der Waals surface area contributed by atoms with Gasteiger partial charge >= 0.3 is 0 Å². The molecule has 1 aliphatic carbocycles. The van der Waals surface area contributed by atoms with Crippen molar-refractivity contribution >= 4 is 0 Å². The van der Waals surface area contributed by atoms with E-state index in [-0.39, 0.29) is 0 Å². The lowest BCUT2D eigenvalue weighted by atomic mass is 9.76. The third kappa shape index (κ3) is 2.01. The Balaban J connectivity index is 1.80. The first-order chi connectivity index (χ1) is 5.97. The average molecular weight is 166 g/mol. The molecule has 69 valence electrons. The lowest BCUT2D eigenvalue weighted by Crippen LogP contribution is -2.28. The Morgan fingerprint density at radius 1 is 0.667 bits per heavy atom. The smallest absolute Gasteiger partial charge is 0.0136 e. The summed E-state index contributed by atoms with van der Waals surface area (Å²) in [7, 11) is 0. The molecule has 2 aliphatic rings. The summed E-state index contributed by atoms with van der Waals surface area (Å²) in [6.07, 6.45) is 10.3. The second kappa shape index (κ2) is 4.27. The molecule has 0 amide bonds. The van der Waals surface area contributed by atoms with Crippen molar-refractivity contribution in [3.05, 3.63) is 0 Å². The first-order valence-corrected chi connectivity index (χ1v) is 5.60. The normalized spacial score (nSPS) is 29.0. The molecule has 1 saturated carbocycles. The zero-order valence-electron chi connectivity index (χ0n) is 7.97. The predicted molar refractivity (Wildman–Crippen MR) is 51.2 cm³/mol. The summed E-state index contributed by atoms with van der Waals surface area (Å²) in [5, 5.41) is 4.42. The molecular formula is C11H20N. The van der Waals surface area contributed by atoms with E-state index in [4.69, 9.17) is 0 Å². The van der Waals surface area contributed by atoms with Gasteiger partial charge in [-0.25, -0.2) is 5.32 Å². The Morgan fingerprint density at radius 2 is 1.25 bits per heavy atom. The maximum atomic E-state index is 4.42. The monoisotopic (exact) mass is 166 g/mol. The van der Waals surface area contributed by atoms with Crippen molar-refractivity contribution in [2.24, 2.45) is 11.8 Å². The maximum absolute atomic E-state index is 4.42. The number of nitrogens with zero attached hydrogens (tertiary/aromatic N) is 1. The fourth-order valence-electron chi connectivity index (χ4n) is 2.85. The van der Waals surface area contributed by atoms with Crippen LogP contribution in [-0.2, 0) is 0 Å². The zero-order valence-corrected chi connectivity index (χ0v) is 7.97. The van der Waals surface area contributed by atoms with E-state index in [1.165, 1.54) is 44.9 Å². The molecule has 0 unspecified atom stereocenters. The molecule has 0 aromatic heterocycles. The third-order valence-corrected chi connectivity index (χ3v) is 3.63. The van der Waals surface area contributed by atoms with Crippen LogP contribution in [0.3, 0.4) is 0 Å². The molecule has 1 radical (unpaired) electrons. The number of piperidine rings is 1. The van der Waals surface area contributed by atoms with Crippen molar-refractivity contribution in [2.75, 3.05) is 13.1 Å². The van der Waals surface area contributed by atoms with E-state index in [0.29, 0.717) is 0 Å². The van der Waals surface area contributed by atoms with Crippen molar-refractivity contribution < 1.29 is 0 Å². The highest BCUT2D eigenvalue weighted by Crippen LogP contribution is 2.34. The van der Waals surface area contributed by atoms with Crippen LogP contribution in [0.5, 0.6) is 0 Å². The molecule has 1 heteroatoms. The average Bonchev–Trinajstić information content (AvgIpc) is 2.21. The second-order valence-corrected chi connectivity index (χ2v) is 4.41. The molecule has 0 bridgehead atoms. The van der Waals surface area contributed by atoms with Gasteiger partial charge in [0.1, 0.15) is 0 Å². The van der Waals surface area contributed by atoms with Gasteiger partial charge in [-0.3, -0.25) is 0 Å². The third-order valence-electron chi connectivity index (χ3n) is 3.63. The molecule has 0 N–H and O–H groups in total. The highest BCUT2D eigenvalue weighted by atomic mass is 14.9. The zero-order chi connectivity index (χ0) is 8.23. The standard InChI is InChI=1S/C11H20N/c1-2-4-10(5-3-1)11-6-8-12-9-7-11/h10-11H,1-9H2. The highest BCUT2D eigenvalue weighted by Gasteiger charge is 2.24. The van der Waals surface area contributed by atoms with Crippen molar-refractivity contribution in [3.8, 4) is 0 Å². The van der Waals surface area contributed by atoms with Crippen LogP contribution in [0.1, 0.15) is 44.9 Å². The summed E-state index contributed by atoms with van der Waals surface area (Å²) >= 11 is 0. The molecule has 1 saturated heterocycles. The molecular weight excluding hydrogens is 146 g/mol. The molecule has 1 aliphatic heterocycles. The predicted octanol–water partition coefficient (Wildman–Crippen LogP) is 2.58. The molecule has 0 atom stereocenters. The van der Waals surface area contributed by atoms with E-state index < -0.39 is 0 Å². The van der Waals surface area contributed by atoms with E-state index in [0.717, 1.165) is 24.9 Å². The first kappa shape index (κ1) is 8.55. The first-order valence-electron chi connectivity index (χ1n) is 5.60. The van der Waals surface area contributed by atoms with Crippen LogP contribution in [0, 0.1) is 11.8 Å². The highest BCUT2D eigenvalue weighted by molar-refractivity contribution is 4.77. The molecule has 1 heterocycles. The molecule has 0 aromatic carbocycles. The van der Waals surface area contributed by atoms with Crippen LogP contribution in [0.2, 0.25) is 0 Å². The summed E-state index contributed by atoms with van der Waals surface area (Å²) in [4.78, 5) is 0. The fourth-order valence-corrected chi connectivity index (χ4v) is 2.85. The number of hydrogen-bond acceptors (Lipinski definition) is 0. The van der Waals surface area contributed by atoms with Gasteiger partial charge in [-0.2, -0.15) is 0 Å². The summed E-state index contributed by atoms with van der Waals surface area (Å²) in [5.74, 6) is 2.12. The minimum atomic E-state index is 1.04. The SMILES string of the molecule is C1CCC(C2CC[N]CC2)CC1. The fraction of sp³-hybridized carbons (Fsp3) is 1.00. The number of rotatable bonds is 1. The summed E-state index contributed by atoms with van der Waals surface area (Å²) in [6.45, 7) is 2.31. The quantitative estimate of drug-likeness (QED) is 0.568. The van der Waals surface area contributed by atoms with Gasteiger partial charge < -0.3 is 0 Å². The van der Waals surface area contributed by atoms with E-state index in [9.17, 15) is 0 Å². The van der Waals surface area contributed by atoms with Crippen molar-refractivity contribution in [1.29, 1.82) is 0 Å². The molecule has 2 fully saturated rings. The molecule has 12 heavy (non-hydrogen) atoms. The number of hydrogen-bond donors (Lipinski definition) is 0. The van der Waals surface area contributed by atoms with Gasteiger partial charge in [0, 0.05) is 13.1 Å².